The van der Waals surface area contributed by atoms with E-state index in [1.54, 1.807) is 0 Å². The summed E-state index contributed by atoms with van der Waals surface area (Å²) >= 11 is 0. The van der Waals surface area contributed by atoms with Crippen LogP contribution in [0.5, 0.6) is 0 Å². The molecule has 2 nitrogen and oxygen atoms in total. The van der Waals surface area contributed by atoms with Crippen molar-refractivity contribution in [2.24, 2.45) is 0 Å². The third-order valence-corrected chi connectivity index (χ3v) is 9.90. The second-order valence-corrected chi connectivity index (χ2v) is 13.9. The van der Waals surface area contributed by atoms with Gasteiger partial charge in [-0.3, -0.25) is 0 Å². The van der Waals surface area contributed by atoms with Gasteiger partial charge in [-0.05, 0) is 144 Å². The third kappa shape index (κ3) is 8.80. The molecular formula is C52H48N2. The van der Waals surface area contributed by atoms with Crippen molar-refractivity contribution in [1.82, 2.24) is 0 Å². The minimum Gasteiger partial charge on any atom is -0.310 e. The van der Waals surface area contributed by atoms with Crippen molar-refractivity contribution >= 4 is 58.4 Å². The third-order valence-electron chi connectivity index (χ3n) is 9.90. The molecule has 266 valence electrons. The molecule has 0 heterocycles. The topological polar surface area (TPSA) is 6.48 Å². The highest BCUT2D eigenvalue weighted by Gasteiger charge is 2.14. The Balaban J connectivity index is 1.02. The molecule has 7 aromatic carbocycles. The molecule has 0 aromatic heterocycles. The molecule has 0 radical (unpaired) electrons. The first kappa shape index (κ1) is 36.0. The van der Waals surface area contributed by atoms with Gasteiger partial charge in [0.25, 0.3) is 0 Å². The molecule has 0 bridgehead atoms. The summed E-state index contributed by atoms with van der Waals surface area (Å²) < 4.78 is 0. The van der Waals surface area contributed by atoms with Crippen LogP contribution in [-0.2, 0) is 12.8 Å². The number of hydrogen-bond acceptors (Lipinski definition) is 2. The summed E-state index contributed by atoms with van der Waals surface area (Å²) in [6.45, 7) is 8.68. The molecule has 0 N–H and O–H groups in total. The van der Waals surface area contributed by atoms with Gasteiger partial charge in [0.2, 0.25) is 0 Å². The molecule has 0 aliphatic heterocycles. The first-order valence-corrected chi connectivity index (χ1v) is 19.0. The van der Waals surface area contributed by atoms with Gasteiger partial charge >= 0.3 is 0 Å². The molecule has 0 saturated heterocycles. The van der Waals surface area contributed by atoms with Crippen molar-refractivity contribution in [1.29, 1.82) is 0 Å². The van der Waals surface area contributed by atoms with E-state index in [-0.39, 0.29) is 0 Å². The van der Waals surface area contributed by atoms with E-state index in [0.717, 1.165) is 58.1 Å². The predicted molar refractivity (Wildman–Crippen MR) is 235 cm³/mol. The molecule has 0 fully saturated rings. The quantitative estimate of drug-likeness (QED) is 0.117. The molecule has 0 spiro atoms. The maximum atomic E-state index is 2.33. The highest BCUT2D eigenvalue weighted by Crippen LogP contribution is 2.37. The first-order chi connectivity index (χ1) is 26.4. The van der Waals surface area contributed by atoms with E-state index in [1.807, 2.05) is 0 Å². The zero-order valence-corrected chi connectivity index (χ0v) is 31.8. The molecule has 2 heteroatoms. The van der Waals surface area contributed by atoms with Gasteiger partial charge in [-0.15, -0.1) is 0 Å². The molecule has 54 heavy (non-hydrogen) atoms. The van der Waals surface area contributed by atoms with Gasteiger partial charge in [-0.1, -0.05) is 135 Å². The number of benzene rings is 7. The van der Waals surface area contributed by atoms with Crippen LogP contribution in [0.15, 0.2) is 170 Å². The van der Waals surface area contributed by atoms with E-state index in [9.17, 15) is 0 Å². The molecular weight excluding hydrogens is 653 g/mol. The molecule has 7 aromatic rings. The highest BCUT2D eigenvalue weighted by molar-refractivity contribution is 5.80. The SMILES string of the molecule is CCc1ccc(N(c2ccc(C=Cc3ccc(C=Cc4ccc(N(c5ccc(CC)cc5)c5cccc(C)c5)cc4)cc3)cc2)c2cccc(C)c2)cc1. The average Bonchev–Trinajstić information content (AvgIpc) is 3.21. The van der Waals surface area contributed by atoms with Crippen molar-refractivity contribution in [3.8, 4) is 0 Å². The minimum atomic E-state index is 1.03. The Labute approximate surface area is 322 Å². The van der Waals surface area contributed by atoms with E-state index >= 15 is 0 Å². The average molecular weight is 701 g/mol. The van der Waals surface area contributed by atoms with E-state index < -0.39 is 0 Å². The minimum absolute atomic E-state index is 1.03. The molecule has 0 amide bonds. The molecule has 0 aliphatic rings. The summed E-state index contributed by atoms with van der Waals surface area (Å²) in [5.74, 6) is 0. The lowest BCUT2D eigenvalue weighted by Crippen LogP contribution is -2.10. The van der Waals surface area contributed by atoms with Gasteiger partial charge in [-0.25, -0.2) is 0 Å². The van der Waals surface area contributed by atoms with Gasteiger partial charge in [0.1, 0.15) is 0 Å². The summed E-state index contributed by atoms with van der Waals surface area (Å²) in [6, 6.07) is 61.5. The zero-order chi connectivity index (χ0) is 37.3. The number of nitrogens with zero attached hydrogens (tertiary/aromatic N) is 2. The second-order valence-electron chi connectivity index (χ2n) is 13.9. The normalized spacial score (nSPS) is 11.3. The Morgan fingerprint density at radius 1 is 0.333 bits per heavy atom. The van der Waals surface area contributed by atoms with E-state index in [0.29, 0.717) is 0 Å². The van der Waals surface area contributed by atoms with E-state index in [1.165, 1.54) is 33.4 Å². The van der Waals surface area contributed by atoms with Crippen LogP contribution in [0.2, 0.25) is 0 Å². The molecule has 0 aliphatic carbocycles. The Kier molecular flexibility index (Phi) is 11.3. The molecule has 0 atom stereocenters. The predicted octanol–water partition coefficient (Wildman–Crippen LogP) is 14.7. The van der Waals surface area contributed by atoms with Crippen molar-refractivity contribution in [2.75, 3.05) is 9.80 Å². The second kappa shape index (κ2) is 17.0. The van der Waals surface area contributed by atoms with Crippen LogP contribution >= 0.6 is 0 Å². The Bertz CT molecular complexity index is 2160. The van der Waals surface area contributed by atoms with Crippen LogP contribution in [0.25, 0.3) is 24.3 Å². The fraction of sp³-hybridized carbons (Fsp3) is 0.115. The van der Waals surface area contributed by atoms with Crippen molar-refractivity contribution in [3.63, 3.8) is 0 Å². The lowest BCUT2D eigenvalue weighted by Gasteiger charge is -2.26. The highest BCUT2D eigenvalue weighted by atomic mass is 15.1. The van der Waals surface area contributed by atoms with Crippen LogP contribution in [0, 0.1) is 13.8 Å². The molecule has 0 saturated carbocycles. The Hall–Kier alpha value is -6.38. The molecule has 7 rings (SSSR count). The number of hydrogen-bond donors (Lipinski definition) is 0. The lowest BCUT2D eigenvalue weighted by molar-refractivity contribution is 1.14. The maximum Gasteiger partial charge on any atom is 0.0464 e. The van der Waals surface area contributed by atoms with Crippen LogP contribution in [0.4, 0.5) is 34.1 Å². The standard InChI is InChI=1S/C52H48N2/c1-5-41-21-29-47(30-22-41)53(51-11-7-9-39(3)37-51)49-33-25-45(26-34-49)19-17-43-13-15-44(16-14-43)18-20-46-27-35-50(36-28-46)54(52-12-8-10-40(4)38-52)48-31-23-42(6-2)24-32-48/h7-38H,5-6H2,1-4H3. The van der Waals surface area contributed by atoms with Crippen LogP contribution < -0.4 is 9.80 Å². The Morgan fingerprint density at radius 3 is 0.889 bits per heavy atom. The largest absolute Gasteiger partial charge is 0.310 e. The van der Waals surface area contributed by atoms with Crippen molar-refractivity contribution in [3.05, 3.63) is 214 Å². The van der Waals surface area contributed by atoms with Gasteiger partial charge in [0.05, 0.1) is 0 Å². The van der Waals surface area contributed by atoms with Crippen LogP contribution in [0.1, 0.15) is 58.4 Å². The van der Waals surface area contributed by atoms with Gasteiger partial charge in [0, 0.05) is 34.1 Å². The summed E-state index contributed by atoms with van der Waals surface area (Å²) in [5, 5.41) is 0. The van der Waals surface area contributed by atoms with E-state index in [2.05, 4.69) is 232 Å². The van der Waals surface area contributed by atoms with Gasteiger partial charge < -0.3 is 9.80 Å². The van der Waals surface area contributed by atoms with Crippen molar-refractivity contribution in [2.45, 2.75) is 40.5 Å². The smallest absolute Gasteiger partial charge is 0.0464 e. The fourth-order valence-electron chi connectivity index (χ4n) is 6.76. The maximum absolute atomic E-state index is 2.33. The van der Waals surface area contributed by atoms with Crippen LogP contribution in [0.3, 0.4) is 0 Å². The zero-order valence-electron chi connectivity index (χ0n) is 31.8. The summed E-state index contributed by atoms with van der Waals surface area (Å²) in [5.41, 5.74) is 16.7. The van der Waals surface area contributed by atoms with Gasteiger partial charge in [-0.2, -0.15) is 0 Å². The fourth-order valence-corrected chi connectivity index (χ4v) is 6.76. The Morgan fingerprint density at radius 2 is 0.611 bits per heavy atom. The van der Waals surface area contributed by atoms with Gasteiger partial charge in [0.15, 0.2) is 0 Å². The monoisotopic (exact) mass is 700 g/mol. The summed E-state index contributed by atoms with van der Waals surface area (Å²) in [6.07, 6.45) is 10.8. The number of rotatable bonds is 12. The van der Waals surface area contributed by atoms with E-state index in [4.69, 9.17) is 0 Å². The number of aryl methyl sites for hydroxylation is 4. The summed E-state index contributed by atoms with van der Waals surface area (Å²) in [4.78, 5) is 4.65. The first-order valence-electron chi connectivity index (χ1n) is 19.0. The van der Waals surface area contributed by atoms with Crippen LogP contribution in [-0.4, -0.2) is 0 Å². The summed E-state index contributed by atoms with van der Waals surface area (Å²) in [7, 11) is 0. The lowest BCUT2D eigenvalue weighted by atomic mass is 10.1. The van der Waals surface area contributed by atoms with Crippen molar-refractivity contribution < 1.29 is 0 Å². The molecule has 0 unspecified atom stereocenters. The number of anilines is 6.